The Balaban J connectivity index is 2.05. The number of carbonyl (C=O) groups excluding carboxylic acids is 2. The van der Waals surface area contributed by atoms with Gasteiger partial charge in [0.15, 0.2) is 0 Å². The van der Waals surface area contributed by atoms with Gasteiger partial charge in [0.05, 0.1) is 17.6 Å². The molecule has 0 spiro atoms. The van der Waals surface area contributed by atoms with Gasteiger partial charge in [-0.1, -0.05) is 41.6 Å². The number of thioether (sulfide) groups is 1. The van der Waals surface area contributed by atoms with E-state index in [1.54, 1.807) is 43.5 Å². The van der Waals surface area contributed by atoms with Crippen molar-refractivity contribution in [1.29, 1.82) is 0 Å². The number of ether oxygens (including phenoxy) is 1. The summed E-state index contributed by atoms with van der Waals surface area (Å²) in [7, 11) is 1.58. The number of halogens is 1. The van der Waals surface area contributed by atoms with Crippen molar-refractivity contribution < 1.29 is 14.3 Å². The van der Waals surface area contributed by atoms with Crippen molar-refractivity contribution in [2.75, 3.05) is 13.7 Å². The van der Waals surface area contributed by atoms with Gasteiger partial charge in [-0.05, 0) is 42.0 Å². The molecular weight excluding hydrogens is 370 g/mol. The van der Waals surface area contributed by atoms with Gasteiger partial charge in [-0.3, -0.25) is 14.5 Å². The van der Waals surface area contributed by atoms with E-state index in [1.165, 1.54) is 22.7 Å². The predicted molar refractivity (Wildman–Crippen MR) is 104 cm³/mol. The van der Waals surface area contributed by atoms with Crippen LogP contribution in [0.2, 0.25) is 5.02 Å². The van der Waals surface area contributed by atoms with Crippen molar-refractivity contribution >= 4 is 40.8 Å². The Hall–Kier alpha value is -2.50. The van der Waals surface area contributed by atoms with Gasteiger partial charge >= 0.3 is 0 Å². The Labute approximate surface area is 161 Å². The third kappa shape index (κ3) is 3.54. The second kappa shape index (κ2) is 7.81. The van der Waals surface area contributed by atoms with E-state index in [0.717, 1.165) is 4.90 Å². The highest BCUT2D eigenvalue weighted by atomic mass is 35.5. The van der Waals surface area contributed by atoms with Gasteiger partial charge in [0.2, 0.25) is 0 Å². The summed E-state index contributed by atoms with van der Waals surface area (Å²) >= 11 is 7.18. The van der Waals surface area contributed by atoms with Gasteiger partial charge in [0.25, 0.3) is 11.8 Å². The molecule has 2 aromatic rings. The molecule has 0 atom stereocenters. The molecule has 0 saturated carbocycles. The maximum atomic E-state index is 12.8. The minimum atomic E-state index is -0.323. The highest BCUT2D eigenvalue weighted by Gasteiger charge is 2.38. The largest absolute Gasteiger partial charge is 0.497 e. The summed E-state index contributed by atoms with van der Waals surface area (Å²) < 4.78 is 5.16. The fourth-order valence-corrected chi connectivity index (χ4v) is 3.71. The Morgan fingerprint density at radius 3 is 2.31 bits per heavy atom. The van der Waals surface area contributed by atoms with Crippen LogP contribution in [-0.2, 0) is 9.59 Å². The number of carbonyl (C=O) groups is 2. The fourth-order valence-electron chi connectivity index (χ4n) is 2.58. The van der Waals surface area contributed by atoms with Crippen LogP contribution in [0.4, 0.5) is 0 Å². The molecular formula is C20H16ClNO3S. The predicted octanol–water partition coefficient (Wildman–Crippen LogP) is 4.41. The van der Waals surface area contributed by atoms with E-state index in [1.807, 2.05) is 12.1 Å². The number of hydrogen-bond acceptors (Lipinski definition) is 4. The molecule has 0 saturated heterocycles. The van der Waals surface area contributed by atoms with Crippen LogP contribution >= 0.6 is 23.4 Å². The maximum absolute atomic E-state index is 12.8. The molecule has 0 aliphatic carbocycles. The second-order valence-electron chi connectivity index (χ2n) is 5.50. The molecule has 132 valence electrons. The Morgan fingerprint density at radius 2 is 1.73 bits per heavy atom. The van der Waals surface area contributed by atoms with Crippen LogP contribution in [0.3, 0.4) is 0 Å². The molecule has 2 amide bonds. The smallest absolute Gasteiger partial charge is 0.268 e. The average Bonchev–Trinajstić information content (AvgIpc) is 2.88. The molecule has 0 radical (unpaired) electrons. The summed E-state index contributed by atoms with van der Waals surface area (Å²) in [5.41, 5.74) is 1.06. The van der Waals surface area contributed by atoms with Crippen molar-refractivity contribution in [1.82, 2.24) is 4.90 Å². The summed E-state index contributed by atoms with van der Waals surface area (Å²) in [6.45, 7) is 3.80. The lowest BCUT2D eigenvalue weighted by Crippen LogP contribution is -2.31. The fraction of sp³-hybridized carbons (Fsp3) is 0.100. The molecule has 26 heavy (non-hydrogen) atoms. The molecule has 3 rings (SSSR count). The van der Waals surface area contributed by atoms with E-state index in [-0.39, 0.29) is 18.4 Å². The molecule has 4 nitrogen and oxygen atoms in total. The lowest BCUT2D eigenvalue weighted by molar-refractivity contribution is -0.135. The third-order valence-corrected chi connectivity index (χ3v) is 5.19. The van der Waals surface area contributed by atoms with Gasteiger partial charge in [0.1, 0.15) is 5.75 Å². The number of rotatable bonds is 6. The molecule has 0 bridgehead atoms. The first-order valence-corrected chi connectivity index (χ1v) is 9.03. The Kier molecular flexibility index (Phi) is 5.49. The minimum absolute atomic E-state index is 0.169. The highest BCUT2D eigenvalue weighted by molar-refractivity contribution is 8.04. The summed E-state index contributed by atoms with van der Waals surface area (Å²) in [4.78, 5) is 28.1. The lowest BCUT2D eigenvalue weighted by atomic mass is 10.1. The van der Waals surface area contributed by atoms with Crippen LogP contribution in [-0.4, -0.2) is 30.4 Å². The number of amides is 2. The van der Waals surface area contributed by atoms with Crippen molar-refractivity contribution in [3.8, 4) is 5.75 Å². The van der Waals surface area contributed by atoms with Gasteiger partial charge < -0.3 is 4.74 Å². The average molecular weight is 386 g/mol. The maximum Gasteiger partial charge on any atom is 0.268 e. The Morgan fingerprint density at radius 1 is 1.08 bits per heavy atom. The number of nitrogens with zero attached hydrogens (tertiary/aromatic N) is 1. The Bertz CT molecular complexity index is 888. The minimum Gasteiger partial charge on any atom is -0.497 e. The van der Waals surface area contributed by atoms with Crippen LogP contribution in [0, 0.1) is 0 Å². The van der Waals surface area contributed by atoms with Crippen LogP contribution in [0.25, 0.3) is 5.57 Å². The molecule has 0 N–H and O–H groups in total. The van der Waals surface area contributed by atoms with Crippen molar-refractivity contribution in [2.45, 2.75) is 4.90 Å². The second-order valence-corrected chi connectivity index (χ2v) is 7.02. The molecule has 1 aliphatic heterocycles. The molecule has 0 fully saturated rings. The first-order valence-electron chi connectivity index (χ1n) is 7.84. The van der Waals surface area contributed by atoms with Gasteiger partial charge in [0, 0.05) is 16.5 Å². The molecule has 0 unspecified atom stereocenters. The van der Waals surface area contributed by atoms with E-state index in [4.69, 9.17) is 16.3 Å². The number of imide groups is 1. The molecule has 2 aromatic carbocycles. The molecule has 0 aromatic heterocycles. The number of benzene rings is 2. The lowest BCUT2D eigenvalue weighted by Gasteiger charge is -2.12. The van der Waals surface area contributed by atoms with E-state index in [0.29, 0.717) is 26.8 Å². The first-order chi connectivity index (χ1) is 12.5. The zero-order valence-corrected chi connectivity index (χ0v) is 15.6. The highest BCUT2D eigenvalue weighted by Crippen LogP contribution is 2.40. The summed E-state index contributed by atoms with van der Waals surface area (Å²) in [5.74, 6) is 0.0400. The number of methoxy groups -OCH3 is 1. The summed E-state index contributed by atoms with van der Waals surface area (Å²) in [6.07, 6.45) is 1.54. The zero-order valence-electron chi connectivity index (χ0n) is 14.1. The first kappa shape index (κ1) is 18.3. The summed E-state index contributed by atoms with van der Waals surface area (Å²) in [6, 6.07) is 14.2. The standard InChI is InChI=1S/C20H16ClNO3S/c1-3-12-22-19(23)17(13-4-8-15(25-2)9-5-13)18(20(22)24)26-16-10-6-14(21)7-11-16/h3-11H,1,12H2,2H3. The zero-order chi connectivity index (χ0) is 18.7. The van der Waals surface area contributed by atoms with E-state index >= 15 is 0 Å². The van der Waals surface area contributed by atoms with Crippen LogP contribution in [0.5, 0.6) is 5.75 Å². The van der Waals surface area contributed by atoms with Gasteiger partial charge in [-0.15, -0.1) is 6.58 Å². The van der Waals surface area contributed by atoms with E-state index < -0.39 is 0 Å². The van der Waals surface area contributed by atoms with Crippen molar-refractivity contribution in [3.05, 3.63) is 76.7 Å². The van der Waals surface area contributed by atoms with Gasteiger partial charge in [-0.25, -0.2) is 0 Å². The number of hydrogen-bond donors (Lipinski definition) is 0. The SMILES string of the molecule is C=CCN1C(=O)C(Sc2ccc(Cl)cc2)=C(c2ccc(OC)cc2)C1=O. The molecule has 1 heterocycles. The van der Waals surface area contributed by atoms with E-state index in [9.17, 15) is 9.59 Å². The topological polar surface area (TPSA) is 46.6 Å². The summed E-state index contributed by atoms with van der Waals surface area (Å²) in [5, 5.41) is 0.612. The van der Waals surface area contributed by atoms with Crippen LogP contribution in [0.1, 0.15) is 5.56 Å². The van der Waals surface area contributed by atoms with Crippen LogP contribution < -0.4 is 4.74 Å². The molecule has 6 heteroatoms. The van der Waals surface area contributed by atoms with E-state index in [2.05, 4.69) is 6.58 Å². The molecule has 1 aliphatic rings. The monoisotopic (exact) mass is 385 g/mol. The third-order valence-electron chi connectivity index (χ3n) is 3.85. The van der Waals surface area contributed by atoms with Crippen molar-refractivity contribution in [3.63, 3.8) is 0 Å². The quantitative estimate of drug-likeness (QED) is 0.546. The van der Waals surface area contributed by atoms with Crippen LogP contribution in [0.15, 0.2) is 71.0 Å². The normalized spacial score (nSPS) is 14.2. The van der Waals surface area contributed by atoms with Gasteiger partial charge in [-0.2, -0.15) is 0 Å². The van der Waals surface area contributed by atoms with Crippen molar-refractivity contribution in [2.24, 2.45) is 0 Å².